The van der Waals surface area contributed by atoms with Crippen molar-refractivity contribution in [3.8, 4) is 0 Å². The second-order valence-electron chi connectivity index (χ2n) is 7.01. The summed E-state index contributed by atoms with van der Waals surface area (Å²) in [6.07, 6.45) is 1.06. The molecule has 150 valence electrons. The Morgan fingerprint density at radius 3 is 2.68 bits per heavy atom. The van der Waals surface area contributed by atoms with Crippen LogP contribution in [0.1, 0.15) is 53.3 Å². The molecule has 2 aromatic rings. The lowest BCUT2D eigenvalue weighted by Gasteiger charge is -2.40. The van der Waals surface area contributed by atoms with E-state index in [0.717, 1.165) is 0 Å². The molecular weight excluding hydrogens is 409 g/mol. The molecule has 1 aliphatic rings. The van der Waals surface area contributed by atoms with E-state index in [2.05, 4.69) is 10.3 Å². The van der Waals surface area contributed by atoms with Crippen molar-refractivity contribution >= 4 is 29.1 Å². The highest BCUT2D eigenvalue weighted by atomic mass is 35.5. The Morgan fingerprint density at radius 1 is 1.32 bits per heavy atom. The van der Waals surface area contributed by atoms with Gasteiger partial charge in [-0.15, -0.1) is 0 Å². The maximum absolute atomic E-state index is 13.6. The summed E-state index contributed by atoms with van der Waals surface area (Å²) in [5.74, 6) is -0.652. The van der Waals surface area contributed by atoms with Crippen molar-refractivity contribution < 1.29 is 18.7 Å². The van der Waals surface area contributed by atoms with Crippen LogP contribution in [0.4, 0.5) is 8.78 Å². The van der Waals surface area contributed by atoms with E-state index in [-0.39, 0.29) is 42.0 Å². The molecule has 1 fully saturated rings. The maximum Gasteiger partial charge on any atom is 0.272 e. The third-order valence-electron chi connectivity index (χ3n) is 5.10. The minimum absolute atomic E-state index is 0.0770. The molecule has 0 spiro atoms. The number of halogens is 4. The summed E-state index contributed by atoms with van der Waals surface area (Å²) in [5.41, 5.74) is -0.754. The first-order valence-electron chi connectivity index (χ1n) is 8.96. The van der Waals surface area contributed by atoms with E-state index in [1.54, 1.807) is 24.3 Å². The first-order valence-corrected chi connectivity index (χ1v) is 9.72. The highest BCUT2D eigenvalue weighted by Gasteiger charge is 2.42. The summed E-state index contributed by atoms with van der Waals surface area (Å²) in [4.78, 5) is 16.8. The number of aliphatic hydroxyl groups is 1. The van der Waals surface area contributed by atoms with Crippen LogP contribution in [0.15, 0.2) is 36.5 Å². The van der Waals surface area contributed by atoms with Crippen LogP contribution in [0, 0.1) is 0 Å². The zero-order valence-corrected chi connectivity index (χ0v) is 16.5. The lowest BCUT2D eigenvalue weighted by molar-refractivity contribution is -0.0445. The van der Waals surface area contributed by atoms with Crippen LogP contribution in [-0.4, -0.2) is 27.8 Å². The molecule has 1 heterocycles. The molecule has 0 aliphatic heterocycles. The monoisotopic (exact) mass is 428 g/mol. The molecule has 0 saturated heterocycles. The maximum atomic E-state index is 13.6. The first-order chi connectivity index (χ1) is 13.3. The molecule has 1 aromatic carbocycles. The van der Waals surface area contributed by atoms with E-state index in [9.17, 15) is 18.7 Å². The van der Waals surface area contributed by atoms with Gasteiger partial charge in [-0.05, 0) is 49.4 Å². The Labute approximate surface area is 171 Å². The number of carbonyl (C=O) groups excluding carboxylic acids is 1. The molecule has 8 heteroatoms. The van der Waals surface area contributed by atoms with Gasteiger partial charge in [-0.3, -0.25) is 4.79 Å². The number of benzene rings is 1. The van der Waals surface area contributed by atoms with Crippen molar-refractivity contribution in [1.82, 2.24) is 10.3 Å². The zero-order valence-electron chi connectivity index (χ0n) is 15.0. The fourth-order valence-corrected chi connectivity index (χ4v) is 3.98. The molecule has 1 amide bonds. The van der Waals surface area contributed by atoms with Crippen LogP contribution in [0.5, 0.6) is 0 Å². The minimum Gasteiger partial charge on any atom is -0.387 e. The quantitative estimate of drug-likeness (QED) is 0.706. The molecule has 0 radical (unpaired) electrons. The topological polar surface area (TPSA) is 62.2 Å². The van der Waals surface area contributed by atoms with Crippen molar-refractivity contribution in [2.24, 2.45) is 0 Å². The Kier molecular flexibility index (Phi) is 6.53. The molecule has 4 nitrogen and oxygen atoms in total. The van der Waals surface area contributed by atoms with Gasteiger partial charge in [0.05, 0.1) is 16.7 Å². The summed E-state index contributed by atoms with van der Waals surface area (Å²) in [7, 11) is 0. The van der Waals surface area contributed by atoms with E-state index < -0.39 is 30.4 Å². The smallest absolute Gasteiger partial charge is 0.272 e. The van der Waals surface area contributed by atoms with Crippen molar-refractivity contribution in [3.05, 3.63) is 63.4 Å². The van der Waals surface area contributed by atoms with Crippen molar-refractivity contribution in [3.63, 3.8) is 0 Å². The first kappa shape index (κ1) is 21.0. The third-order valence-corrected chi connectivity index (χ3v) is 5.76. The number of rotatable bonds is 5. The minimum atomic E-state index is -1.35. The van der Waals surface area contributed by atoms with Crippen molar-refractivity contribution in [2.75, 3.05) is 0 Å². The molecular formula is C20H20Cl2F2N2O2. The number of pyridine rings is 1. The lowest BCUT2D eigenvalue weighted by atomic mass is 9.76. The van der Waals surface area contributed by atoms with Gasteiger partial charge in [0.1, 0.15) is 18.5 Å². The van der Waals surface area contributed by atoms with Crippen molar-refractivity contribution in [1.29, 1.82) is 0 Å². The number of carbonyl (C=O) groups is 1. The van der Waals surface area contributed by atoms with Gasteiger partial charge >= 0.3 is 0 Å². The van der Waals surface area contributed by atoms with Gasteiger partial charge < -0.3 is 10.4 Å². The number of aromatic nitrogens is 1. The largest absolute Gasteiger partial charge is 0.387 e. The predicted octanol–water partition coefficient (Wildman–Crippen LogP) is 4.97. The summed E-state index contributed by atoms with van der Waals surface area (Å²) >= 11 is 12.2. The number of amides is 1. The standard InChI is InChI=1S/C20H20Cl2F2N2O2/c21-14-3-1-2-12(10-14)18(20(28)7-4-15(24)5-8-20)26-19(27)17-16(22)13(11-23)6-9-25-17/h1-3,6,9-10,15,18,28H,4-5,7-8,11H2,(H,26,27)/t15-,18-,20+/m0/s1. The molecule has 1 aromatic heterocycles. The third kappa shape index (κ3) is 4.45. The lowest BCUT2D eigenvalue weighted by Crippen LogP contribution is -2.48. The SMILES string of the molecule is O=C(N[C@@H](c1cccc(Cl)c1)[C@]1(O)CC[C@@H](F)CC1)c1nccc(CF)c1Cl. The fraction of sp³-hybridized carbons (Fsp3) is 0.400. The molecule has 1 aliphatic carbocycles. The second-order valence-corrected chi connectivity index (χ2v) is 7.82. The Bertz CT molecular complexity index is 858. The fourth-order valence-electron chi connectivity index (χ4n) is 3.53. The Hall–Kier alpha value is -1.76. The average Bonchev–Trinajstić information content (AvgIpc) is 2.68. The summed E-state index contributed by atoms with van der Waals surface area (Å²) in [5, 5.41) is 14.3. The molecule has 3 rings (SSSR count). The molecule has 1 saturated carbocycles. The number of nitrogens with one attached hydrogen (secondary N) is 1. The summed E-state index contributed by atoms with van der Waals surface area (Å²) in [6, 6.07) is 7.29. The highest BCUT2D eigenvalue weighted by molar-refractivity contribution is 6.34. The molecule has 0 bridgehead atoms. The van der Waals surface area contributed by atoms with Gasteiger partial charge in [-0.1, -0.05) is 35.3 Å². The van der Waals surface area contributed by atoms with Crippen LogP contribution in [-0.2, 0) is 6.67 Å². The molecule has 2 N–H and O–H groups in total. The van der Waals surface area contributed by atoms with E-state index in [1.807, 2.05) is 0 Å². The molecule has 28 heavy (non-hydrogen) atoms. The van der Waals surface area contributed by atoms with Gasteiger partial charge in [-0.25, -0.2) is 13.8 Å². The number of hydrogen-bond donors (Lipinski definition) is 2. The van der Waals surface area contributed by atoms with Crippen LogP contribution >= 0.6 is 23.2 Å². The van der Waals surface area contributed by atoms with Crippen molar-refractivity contribution in [2.45, 2.75) is 50.2 Å². The van der Waals surface area contributed by atoms with Crippen LogP contribution < -0.4 is 5.32 Å². The second kappa shape index (κ2) is 8.72. The van der Waals surface area contributed by atoms with Gasteiger partial charge in [-0.2, -0.15) is 0 Å². The van der Waals surface area contributed by atoms with Gasteiger partial charge in [0.2, 0.25) is 0 Å². The normalized spacial score (nSPS) is 23.2. The van der Waals surface area contributed by atoms with Gasteiger partial charge in [0.25, 0.3) is 5.91 Å². The van der Waals surface area contributed by atoms with Gasteiger partial charge in [0.15, 0.2) is 0 Å². The average molecular weight is 429 g/mol. The highest BCUT2D eigenvalue weighted by Crippen LogP contribution is 2.40. The van der Waals surface area contributed by atoms with E-state index >= 15 is 0 Å². The number of alkyl halides is 2. The number of hydrogen-bond acceptors (Lipinski definition) is 3. The van der Waals surface area contributed by atoms with Gasteiger partial charge in [0, 0.05) is 16.8 Å². The van der Waals surface area contributed by atoms with Crippen LogP contribution in [0.2, 0.25) is 10.0 Å². The zero-order chi connectivity index (χ0) is 20.3. The van der Waals surface area contributed by atoms with E-state index in [0.29, 0.717) is 10.6 Å². The predicted molar refractivity (Wildman–Crippen MR) is 104 cm³/mol. The van der Waals surface area contributed by atoms with E-state index in [4.69, 9.17) is 23.2 Å². The summed E-state index contributed by atoms with van der Waals surface area (Å²) < 4.78 is 26.7. The molecule has 0 unspecified atom stereocenters. The summed E-state index contributed by atoms with van der Waals surface area (Å²) in [6.45, 7) is -0.832. The van der Waals surface area contributed by atoms with Crippen LogP contribution in [0.3, 0.4) is 0 Å². The Morgan fingerprint density at radius 2 is 2.04 bits per heavy atom. The number of nitrogens with zero attached hydrogens (tertiary/aromatic N) is 1. The Balaban J connectivity index is 1.95. The molecule has 1 atom stereocenters. The van der Waals surface area contributed by atoms with E-state index in [1.165, 1.54) is 12.3 Å². The van der Waals surface area contributed by atoms with Crippen LogP contribution in [0.25, 0.3) is 0 Å².